The molecule has 1 aromatic carbocycles. The number of hydrogen-bond donors (Lipinski definition) is 1. The molecule has 0 aliphatic heterocycles. The number of nitrogens with zero attached hydrogens (tertiary/aromatic N) is 1. The molecular weight excluding hydrogens is 251 g/mol. The van der Waals surface area contributed by atoms with E-state index in [-0.39, 0.29) is 12.0 Å². The lowest BCUT2D eigenvalue weighted by Crippen LogP contribution is -2.19. The fourth-order valence-corrected chi connectivity index (χ4v) is 1.39. The highest BCUT2D eigenvalue weighted by atomic mass is 19.2. The van der Waals surface area contributed by atoms with Crippen LogP contribution in [-0.4, -0.2) is 17.2 Å². The summed E-state index contributed by atoms with van der Waals surface area (Å²) in [6, 6.07) is 0.967. The second kappa shape index (κ2) is 5.91. The van der Waals surface area contributed by atoms with Crippen LogP contribution in [-0.2, 0) is 16.0 Å². The predicted octanol–water partition coefficient (Wildman–Crippen LogP) is 1.99. The average Bonchev–Trinajstić information content (AvgIpc) is 2.25. The van der Waals surface area contributed by atoms with E-state index in [1.165, 1.54) is 6.26 Å². The minimum atomic E-state index is -1.34. The summed E-state index contributed by atoms with van der Waals surface area (Å²) in [6.45, 7) is 0. The maximum Gasteiger partial charge on any atom is 0.307 e. The predicted molar refractivity (Wildman–Crippen MR) is 52.8 cm³/mol. The van der Waals surface area contributed by atoms with Crippen LogP contribution in [0.3, 0.4) is 0 Å². The van der Waals surface area contributed by atoms with E-state index in [4.69, 9.17) is 10.4 Å². The Hall–Kier alpha value is -2.23. The molecule has 1 rings (SSSR count). The van der Waals surface area contributed by atoms with Crippen molar-refractivity contribution in [2.24, 2.45) is 0 Å². The molecule has 0 heterocycles. The van der Waals surface area contributed by atoms with E-state index in [1.54, 1.807) is 0 Å². The molecule has 96 valence electrons. The summed E-state index contributed by atoms with van der Waals surface area (Å²) in [5, 5.41) is 16.8. The van der Waals surface area contributed by atoms with E-state index in [0.717, 1.165) is 0 Å². The molecule has 1 atom stereocenters. The van der Waals surface area contributed by atoms with Crippen LogP contribution in [0.1, 0.15) is 12.0 Å². The smallest absolute Gasteiger partial charge is 0.307 e. The van der Waals surface area contributed by atoms with Gasteiger partial charge in [-0.15, -0.1) is 0 Å². The third kappa shape index (κ3) is 3.66. The molecule has 0 saturated heterocycles. The highest BCUT2D eigenvalue weighted by Gasteiger charge is 2.19. The quantitative estimate of drug-likeness (QED) is 0.648. The van der Waals surface area contributed by atoms with Gasteiger partial charge in [-0.1, -0.05) is 0 Å². The van der Waals surface area contributed by atoms with Crippen LogP contribution in [0.25, 0.3) is 0 Å². The van der Waals surface area contributed by atoms with E-state index in [9.17, 15) is 18.0 Å². The molecule has 0 aliphatic rings. The van der Waals surface area contributed by atoms with Crippen molar-refractivity contribution in [2.45, 2.75) is 18.9 Å². The lowest BCUT2D eigenvalue weighted by molar-refractivity contribution is -0.139. The van der Waals surface area contributed by atoms with Gasteiger partial charge in [-0.25, -0.2) is 13.2 Å². The summed E-state index contributed by atoms with van der Waals surface area (Å²) in [4.78, 5) is 10.5. The van der Waals surface area contributed by atoms with Crippen molar-refractivity contribution in [3.05, 3.63) is 35.1 Å². The van der Waals surface area contributed by atoms with Crippen LogP contribution in [0, 0.1) is 29.0 Å². The lowest BCUT2D eigenvalue weighted by Gasteiger charge is -2.12. The summed E-state index contributed by atoms with van der Waals surface area (Å²) in [6.07, 6.45) is -0.741. The van der Waals surface area contributed by atoms with E-state index in [2.05, 4.69) is 4.74 Å². The monoisotopic (exact) mass is 259 g/mol. The first-order valence-electron chi connectivity index (χ1n) is 4.84. The molecule has 0 radical (unpaired) electrons. The minimum absolute atomic E-state index is 0.254. The number of carbonyl (C=O) groups is 1. The third-order valence-corrected chi connectivity index (χ3v) is 2.16. The summed E-state index contributed by atoms with van der Waals surface area (Å²) in [7, 11) is 0. The Balaban J connectivity index is 2.90. The standard InChI is InChI=1S/C11H8F3NO3/c12-8-4-10(14)9(13)2-6(8)1-7(18-5-15)3-11(16)17/h2,4,7H,1,3H2,(H,16,17). The summed E-state index contributed by atoms with van der Waals surface area (Å²) < 4.78 is 43.3. The maximum absolute atomic E-state index is 13.3. The van der Waals surface area contributed by atoms with Gasteiger partial charge in [0.2, 0.25) is 0 Å². The van der Waals surface area contributed by atoms with E-state index in [0.29, 0.717) is 12.1 Å². The van der Waals surface area contributed by atoms with Gasteiger partial charge in [0, 0.05) is 12.5 Å². The molecule has 0 aliphatic carbocycles. The number of hydrogen-bond acceptors (Lipinski definition) is 3. The molecule has 0 amide bonds. The first kappa shape index (κ1) is 13.8. The summed E-state index contributed by atoms with van der Waals surface area (Å²) in [5.41, 5.74) is -0.254. The van der Waals surface area contributed by atoms with E-state index >= 15 is 0 Å². The third-order valence-electron chi connectivity index (χ3n) is 2.16. The first-order valence-corrected chi connectivity index (χ1v) is 4.84. The van der Waals surface area contributed by atoms with Crippen molar-refractivity contribution in [3.8, 4) is 6.26 Å². The highest BCUT2D eigenvalue weighted by molar-refractivity contribution is 5.67. The molecule has 4 nitrogen and oxygen atoms in total. The van der Waals surface area contributed by atoms with Crippen LogP contribution < -0.4 is 0 Å². The van der Waals surface area contributed by atoms with Gasteiger partial charge >= 0.3 is 5.97 Å². The topological polar surface area (TPSA) is 70.3 Å². The first-order chi connectivity index (χ1) is 8.43. The van der Waals surface area contributed by atoms with E-state index in [1.807, 2.05) is 0 Å². The largest absolute Gasteiger partial charge is 0.481 e. The van der Waals surface area contributed by atoms with Gasteiger partial charge in [-0.2, -0.15) is 5.26 Å². The van der Waals surface area contributed by atoms with Crippen molar-refractivity contribution >= 4 is 5.97 Å². The minimum Gasteiger partial charge on any atom is -0.481 e. The zero-order valence-electron chi connectivity index (χ0n) is 8.99. The Labute approximate surface area is 100 Å². The van der Waals surface area contributed by atoms with Crippen LogP contribution >= 0.6 is 0 Å². The zero-order valence-corrected chi connectivity index (χ0v) is 8.99. The molecule has 0 fully saturated rings. The van der Waals surface area contributed by atoms with Gasteiger partial charge in [-0.05, 0) is 11.6 Å². The average molecular weight is 259 g/mol. The normalized spacial score (nSPS) is 11.7. The van der Waals surface area contributed by atoms with Crippen molar-refractivity contribution in [3.63, 3.8) is 0 Å². The Bertz CT molecular complexity index is 499. The van der Waals surface area contributed by atoms with Crippen LogP contribution in [0.5, 0.6) is 0 Å². The number of ether oxygens (including phenoxy) is 1. The SMILES string of the molecule is N#COC(CC(=O)O)Cc1cc(F)c(F)cc1F. The number of carboxylic acids is 1. The molecule has 18 heavy (non-hydrogen) atoms. The molecule has 0 bridgehead atoms. The van der Waals surface area contributed by atoms with Gasteiger partial charge in [-0.3, -0.25) is 4.79 Å². The molecule has 0 aromatic heterocycles. The summed E-state index contributed by atoms with van der Waals surface area (Å²) >= 11 is 0. The summed E-state index contributed by atoms with van der Waals surface area (Å²) in [5.74, 6) is -4.87. The Kier molecular flexibility index (Phi) is 4.54. The number of carboxylic acid groups (broad SMARTS) is 1. The van der Waals surface area contributed by atoms with E-state index < -0.39 is 35.9 Å². The second-order valence-corrected chi connectivity index (χ2v) is 3.49. The zero-order chi connectivity index (χ0) is 13.7. The van der Waals surface area contributed by atoms with Gasteiger partial charge < -0.3 is 9.84 Å². The van der Waals surface area contributed by atoms with Crippen molar-refractivity contribution in [2.75, 3.05) is 0 Å². The Morgan fingerprint density at radius 1 is 1.33 bits per heavy atom. The number of benzene rings is 1. The van der Waals surface area contributed by atoms with Gasteiger partial charge in [0.25, 0.3) is 6.26 Å². The molecule has 1 unspecified atom stereocenters. The number of rotatable bonds is 5. The van der Waals surface area contributed by atoms with Crippen molar-refractivity contribution in [1.29, 1.82) is 5.26 Å². The maximum atomic E-state index is 13.3. The van der Waals surface area contributed by atoms with Crippen LogP contribution in [0.4, 0.5) is 13.2 Å². The Morgan fingerprint density at radius 2 is 1.94 bits per heavy atom. The van der Waals surface area contributed by atoms with Crippen LogP contribution in [0.15, 0.2) is 12.1 Å². The molecule has 0 spiro atoms. The fraction of sp³-hybridized carbons (Fsp3) is 0.273. The number of nitriles is 1. The van der Waals surface area contributed by atoms with Gasteiger partial charge in [0.15, 0.2) is 11.6 Å². The van der Waals surface area contributed by atoms with Gasteiger partial charge in [0.1, 0.15) is 11.9 Å². The molecule has 1 N–H and O–H groups in total. The molecule has 0 saturated carbocycles. The van der Waals surface area contributed by atoms with Crippen LogP contribution in [0.2, 0.25) is 0 Å². The lowest BCUT2D eigenvalue weighted by atomic mass is 10.0. The molecular formula is C11H8F3NO3. The number of halogens is 3. The highest BCUT2D eigenvalue weighted by Crippen LogP contribution is 2.17. The number of aliphatic carboxylic acids is 1. The molecule has 1 aromatic rings. The van der Waals surface area contributed by atoms with Crippen molar-refractivity contribution < 1.29 is 27.8 Å². The van der Waals surface area contributed by atoms with Crippen molar-refractivity contribution in [1.82, 2.24) is 0 Å². The van der Waals surface area contributed by atoms with Gasteiger partial charge in [0.05, 0.1) is 6.42 Å². The fourth-order valence-electron chi connectivity index (χ4n) is 1.39. The Morgan fingerprint density at radius 3 is 2.50 bits per heavy atom. The second-order valence-electron chi connectivity index (χ2n) is 3.49. The molecule has 7 heteroatoms.